The van der Waals surface area contributed by atoms with Crippen LogP contribution in [0.25, 0.3) is 10.1 Å². The average molecular weight is 326 g/mol. The molecule has 5 nitrogen and oxygen atoms in total. The van der Waals surface area contributed by atoms with Crippen LogP contribution in [0.5, 0.6) is 0 Å². The van der Waals surface area contributed by atoms with Gasteiger partial charge in [0.05, 0.1) is 10.7 Å². The Morgan fingerprint density at radius 3 is 2.52 bits per heavy atom. The van der Waals surface area contributed by atoms with Crippen molar-refractivity contribution in [2.24, 2.45) is 11.7 Å². The number of fused-ring (bicyclic) bond motifs is 1. The summed E-state index contributed by atoms with van der Waals surface area (Å²) in [5.74, 6) is -1.09. The number of nitrogen functional groups attached to an aromatic ring is 1. The molecule has 0 spiro atoms. The van der Waals surface area contributed by atoms with Gasteiger partial charge in [-0.25, -0.2) is 0 Å². The van der Waals surface area contributed by atoms with E-state index in [-0.39, 0.29) is 5.92 Å². The zero-order valence-corrected chi connectivity index (χ0v) is 13.2. The van der Waals surface area contributed by atoms with E-state index in [2.05, 4.69) is 5.32 Å². The van der Waals surface area contributed by atoms with Crippen molar-refractivity contribution in [1.82, 2.24) is 5.32 Å². The van der Waals surface area contributed by atoms with Crippen LogP contribution < -0.4 is 16.8 Å². The number of nitrogens with two attached hydrogens (primary N) is 2. The minimum absolute atomic E-state index is 0.106. The van der Waals surface area contributed by atoms with E-state index in [1.54, 1.807) is 26.0 Å². The first kappa shape index (κ1) is 15.6. The van der Waals surface area contributed by atoms with Gasteiger partial charge in [-0.3, -0.25) is 9.59 Å². The molecule has 2 rings (SSSR count). The van der Waals surface area contributed by atoms with Crippen molar-refractivity contribution < 1.29 is 9.59 Å². The van der Waals surface area contributed by atoms with E-state index in [1.807, 2.05) is 6.07 Å². The van der Waals surface area contributed by atoms with Gasteiger partial charge >= 0.3 is 0 Å². The number of thiophene rings is 1. The van der Waals surface area contributed by atoms with Gasteiger partial charge in [-0.05, 0) is 18.1 Å². The highest BCUT2D eigenvalue weighted by atomic mass is 35.5. The lowest BCUT2D eigenvalue weighted by atomic mass is 10.0. The third-order valence-corrected chi connectivity index (χ3v) is 4.65. The highest BCUT2D eigenvalue weighted by Crippen LogP contribution is 2.37. The maximum absolute atomic E-state index is 12.3. The van der Waals surface area contributed by atoms with Crippen molar-refractivity contribution in [1.29, 1.82) is 0 Å². The molecule has 7 heteroatoms. The van der Waals surface area contributed by atoms with Crippen molar-refractivity contribution in [2.45, 2.75) is 19.9 Å². The Morgan fingerprint density at radius 1 is 1.33 bits per heavy atom. The lowest BCUT2D eigenvalue weighted by molar-refractivity contribution is -0.120. The second kappa shape index (κ2) is 5.91. The number of anilines is 1. The molecule has 0 radical (unpaired) electrons. The highest BCUT2D eigenvalue weighted by molar-refractivity contribution is 7.21. The van der Waals surface area contributed by atoms with E-state index in [0.29, 0.717) is 21.0 Å². The minimum atomic E-state index is -0.738. The van der Waals surface area contributed by atoms with E-state index in [1.165, 1.54) is 11.3 Å². The summed E-state index contributed by atoms with van der Waals surface area (Å²) >= 11 is 7.35. The molecule has 2 aromatic rings. The molecule has 0 saturated carbocycles. The van der Waals surface area contributed by atoms with Gasteiger partial charge in [-0.1, -0.05) is 31.5 Å². The third-order valence-electron chi connectivity index (χ3n) is 3.17. The molecule has 1 aromatic heterocycles. The van der Waals surface area contributed by atoms with Crippen molar-refractivity contribution in [3.63, 3.8) is 0 Å². The third kappa shape index (κ3) is 2.96. The van der Waals surface area contributed by atoms with Crippen molar-refractivity contribution in [3.8, 4) is 0 Å². The maximum Gasteiger partial charge on any atom is 0.264 e. The number of hydrogen-bond donors (Lipinski definition) is 3. The van der Waals surface area contributed by atoms with Gasteiger partial charge in [0.1, 0.15) is 10.9 Å². The number of amides is 2. The van der Waals surface area contributed by atoms with Crippen LogP contribution in [0.2, 0.25) is 5.02 Å². The van der Waals surface area contributed by atoms with Crippen LogP contribution in [-0.2, 0) is 4.79 Å². The van der Waals surface area contributed by atoms with Gasteiger partial charge in [-0.15, -0.1) is 11.3 Å². The number of primary amides is 1. The predicted molar refractivity (Wildman–Crippen MR) is 86.5 cm³/mol. The Balaban J connectivity index is 2.38. The first-order valence-electron chi connectivity index (χ1n) is 6.39. The van der Waals surface area contributed by atoms with Crippen LogP contribution in [0.1, 0.15) is 23.5 Å². The fraction of sp³-hybridized carbons (Fsp3) is 0.286. The Hall–Kier alpha value is -1.79. The summed E-state index contributed by atoms with van der Waals surface area (Å²) in [6, 6.07) is 4.61. The van der Waals surface area contributed by atoms with Crippen molar-refractivity contribution in [3.05, 3.63) is 28.1 Å². The fourth-order valence-electron chi connectivity index (χ4n) is 2.07. The maximum atomic E-state index is 12.3. The molecule has 1 aromatic carbocycles. The van der Waals surface area contributed by atoms with Crippen LogP contribution in [0.15, 0.2) is 18.2 Å². The molecule has 5 N–H and O–H groups in total. The molecule has 1 heterocycles. The smallest absolute Gasteiger partial charge is 0.264 e. The van der Waals surface area contributed by atoms with Gasteiger partial charge in [0.25, 0.3) is 5.91 Å². The molecule has 0 aliphatic rings. The van der Waals surface area contributed by atoms with E-state index < -0.39 is 17.9 Å². The normalized spacial score (nSPS) is 12.6. The van der Waals surface area contributed by atoms with E-state index in [4.69, 9.17) is 23.1 Å². The summed E-state index contributed by atoms with van der Waals surface area (Å²) in [6.07, 6.45) is 0. The molecular weight excluding hydrogens is 310 g/mol. The zero-order valence-electron chi connectivity index (χ0n) is 11.6. The first-order valence-corrected chi connectivity index (χ1v) is 7.59. The monoisotopic (exact) mass is 325 g/mol. The topological polar surface area (TPSA) is 98.2 Å². The Labute approximate surface area is 131 Å². The summed E-state index contributed by atoms with van der Waals surface area (Å²) in [5, 5.41) is 3.78. The van der Waals surface area contributed by atoms with Crippen LogP contribution in [0.3, 0.4) is 0 Å². The number of hydrogen-bond acceptors (Lipinski definition) is 4. The van der Waals surface area contributed by atoms with Crippen molar-refractivity contribution in [2.75, 3.05) is 5.73 Å². The molecule has 0 fully saturated rings. The zero-order chi connectivity index (χ0) is 15.7. The molecule has 2 amide bonds. The largest absolute Gasteiger partial charge is 0.397 e. The molecule has 112 valence electrons. The molecule has 21 heavy (non-hydrogen) atoms. The molecule has 1 atom stereocenters. The van der Waals surface area contributed by atoms with Gasteiger partial charge in [0, 0.05) is 10.1 Å². The summed E-state index contributed by atoms with van der Waals surface area (Å²) in [6.45, 7) is 3.61. The number of halogens is 1. The van der Waals surface area contributed by atoms with Crippen molar-refractivity contribution >= 4 is 50.5 Å². The SMILES string of the molecule is CC(C)C(NC(=O)c1sc2cccc(Cl)c2c1N)C(N)=O. The van der Waals surface area contributed by atoms with Gasteiger partial charge in [0.2, 0.25) is 5.91 Å². The second-order valence-electron chi connectivity index (χ2n) is 5.06. The van der Waals surface area contributed by atoms with E-state index in [0.717, 1.165) is 4.70 Å². The minimum Gasteiger partial charge on any atom is -0.397 e. The molecular formula is C14H16ClN3O2S. The van der Waals surface area contributed by atoms with Gasteiger partial charge in [-0.2, -0.15) is 0 Å². The standard InChI is InChI=1S/C14H16ClN3O2S/c1-6(2)11(13(17)19)18-14(20)12-10(16)9-7(15)4-3-5-8(9)21-12/h3-6,11H,16H2,1-2H3,(H2,17,19)(H,18,20). The lowest BCUT2D eigenvalue weighted by Gasteiger charge is -2.18. The Bertz CT molecular complexity index is 712. The Kier molecular flexibility index (Phi) is 4.39. The molecule has 0 aliphatic heterocycles. The molecule has 0 bridgehead atoms. The Morgan fingerprint density at radius 2 is 2.00 bits per heavy atom. The summed E-state index contributed by atoms with van der Waals surface area (Å²) in [4.78, 5) is 24.0. The van der Waals surface area contributed by atoms with Crippen LogP contribution in [0.4, 0.5) is 5.69 Å². The van der Waals surface area contributed by atoms with E-state index in [9.17, 15) is 9.59 Å². The van der Waals surface area contributed by atoms with Crippen LogP contribution in [0, 0.1) is 5.92 Å². The summed E-state index contributed by atoms with van der Waals surface area (Å²) in [5.41, 5.74) is 11.6. The molecule has 0 aliphatic carbocycles. The number of nitrogens with one attached hydrogen (secondary N) is 1. The molecule has 0 saturated heterocycles. The molecule has 1 unspecified atom stereocenters. The number of carbonyl (C=O) groups excluding carboxylic acids is 2. The lowest BCUT2D eigenvalue weighted by Crippen LogP contribution is -2.47. The highest BCUT2D eigenvalue weighted by Gasteiger charge is 2.25. The average Bonchev–Trinajstić information content (AvgIpc) is 2.73. The van der Waals surface area contributed by atoms with E-state index >= 15 is 0 Å². The number of rotatable bonds is 4. The predicted octanol–water partition coefficient (Wildman–Crippen LogP) is 2.38. The first-order chi connectivity index (χ1) is 9.82. The quantitative estimate of drug-likeness (QED) is 0.804. The summed E-state index contributed by atoms with van der Waals surface area (Å²) < 4.78 is 0.824. The van der Waals surface area contributed by atoms with Crippen LogP contribution in [-0.4, -0.2) is 17.9 Å². The summed E-state index contributed by atoms with van der Waals surface area (Å²) in [7, 11) is 0. The number of carbonyl (C=O) groups is 2. The van der Waals surface area contributed by atoms with Crippen LogP contribution >= 0.6 is 22.9 Å². The van der Waals surface area contributed by atoms with Gasteiger partial charge < -0.3 is 16.8 Å². The second-order valence-corrected chi connectivity index (χ2v) is 6.51. The number of benzene rings is 1. The fourth-order valence-corrected chi connectivity index (χ4v) is 3.46. The van der Waals surface area contributed by atoms with Gasteiger partial charge in [0.15, 0.2) is 0 Å².